The number of hydrogen-bond donors (Lipinski definition) is 2. The summed E-state index contributed by atoms with van der Waals surface area (Å²) in [5.41, 5.74) is 4.20. The first-order valence-corrected chi connectivity index (χ1v) is 10.2. The molecule has 31 heavy (non-hydrogen) atoms. The van der Waals surface area contributed by atoms with Gasteiger partial charge in [-0.15, -0.1) is 0 Å². The van der Waals surface area contributed by atoms with E-state index >= 15 is 0 Å². The van der Waals surface area contributed by atoms with Crippen LogP contribution < -0.4 is 10.1 Å². The quantitative estimate of drug-likeness (QED) is 0.412. The van der Waals surface area contributed by atoms with Gasteiger partial charge in [0.05, 0.1) is 5.69 Å². The number of aromatic amines is 1. The molecule has 7 nitrogen and oxygen atoms in total. The van der Waals surface area contributed by atoms with Crippen LogP contribution in [0.3, 0.4) is 0 Å². The fourth-order valence-corrected chi connectivity index (χ4v) is 3.21. The summed E-state index contributed by atoms with van der Waals surface area (Å²) in [6, 6.07) is 17.2. The summed E-state index contributed by atoms with van der Waals surface area (Å²) in [5, 5.41) is 11.2. The molecule has 0 spiro atoms. The summed E-state index contributed by atoms with van der Waals surface area (Å²) in [6.45, 7) is 1.51. The molecule has 0 aliphatic heterocycles. The van der Waals surface area contributed by atoms with E-state index in [0.717, 1.165) is 40.5 Å². The molecule has 2 N–H and O–H groups in total. The van der Waals surface area contributed by atoms with Gasteiger partial charge in [0, 0.05) is 40.8 Å². The Bertz CT molecular complexity index is 1140. The molecule has 2 aromatic heterocycles. The molecule has 0 saturated heterocycles. The maximum Gasteiger partial charge on any atom is 0.227 e. The van der Waals surface area contributed by atoms with Crippen LogP contribution in [0.4, 0.5) is 11.6 Å². The molecular weight excluding hydrogens is 412 g/mol. The molecule has 0 bridgehead atoms. The van der Waals surface area contributed by atoms with E-state index in [1.54, 1.807) is 6.20 Å². The second kappa shape index (κ2) is 9.59. The number of likely N-dealkylation sites (N-methyl/N-ethyl adjacent to an activating group) is 1. The van der Waals surface area contributed by atoms with Crippen molar-refractivity contribution in [3.63, 3.8) is 0 Å². The summed E-state index contributed by atoms with van der Waals surface area (Å²) in [4.78, 5) is 11.1. The topological polar surface area (TPSA) is 79.0 Å². The largest absolute Gasteiger partial charge is 0.492 e. The van der Waals surface area contributed by atoms with E-state index in [4.69, 9.17) is 16.3 Å². The van der Waals surface area contributed by atoms with E-state index in [0.29, 0.717) is 17.6 Å². The van der Waals surface area contributed by atoms with Gasteiger partial charge in [0.15, 0.2) is 0 Å². The number of anilines is 2. The zero-order valence-corrected chi connectivity index (χ0v) is 18.1. The lowest BCUT2D eigenvalue weighted by Gasteiger charge is -2.11. The highest BCUT2D eigenvalue weighted by atomic mass is 35.5. The van der Waals surface area contributed by atoms with Gasteiger partial charge < -0.3 is 15.0 Å². The Balaban J connectivity index is 1.49. The Morgan fingerprint density at radius 1 is 1.10 bits per heavy atom. The van der Waals surface area contributed by atoms with Crippen LogP contribution in [-0.4, -0.2) is 52.3 Å². The Morgan fingerprint density at radius 3 is 2.71 bits per heavy atom. The van der Waals surface area contributed by atoms with Crippen molar-refractivity contribution in [3.8, 4) is 28.3 Å². The Kier molecular flexibility index (Phi) is 6.45. The number of ether oxygens (including phenoxy) is 1. The van der Waals surface area contributed by atoms with Crippen LogP contribution in [0.25, 0.3) is 22.5 Å². The van der Waals surface area contributed by atoms with Gasteiger partial charge >= 0.3 is 0 Å². The number of aromatic nitrogens is 4. The average Bonchev–Trinajstić information content (AvgIpc) is 3.25. The van der Waals surface area contributed by atoms with E-state index in [2.05, 4.69) is 30.4 Å². The predicted molar refractivity (Wildman–Crippen MR) is 124 cm³/mol. The summed E-state index contributed by atoms with van der Waals surface area (Å²) < 4.78 is 5.73. The molecule has 0 saturated carbocycles. The maximum atomic E-state index is 6.14. The van der Waals surface area contributed by atoms with E-state index < -0.39 is 0 Å². The summed E-state index contributed by atoms with van der Waals surface area (Å²) in [6.07, 6.45) is 3.54. The van der Waals surface area contributed by atoms with Gasteiger partial charge in [0.2, 0.25) is 5.95 Å². The van der Waals surface area contributed by atoms with Gasteiger partial charge in [-0.1, -0.05) is 23.7 Å². The monoisotopic (exact) mass is 434 g/mol. The lowest BCUT2D eigenvalue weighted by atomic mass is 10.1. The van der Waals surface area contributed by atoms with Crippen molar-refractivity contribution in [3.05, 3.63) is 72.0 Å². The Morgan fingerprint density at radius 2 is 1.94 bits per heavy atom. The summed E-state index contributed by atoms with van der Waals surface area (Å²) >= 11 is 6.14. The van der Waals surface area contributed by atoms with Crippen molar-refractivity contribution in [2.24, 2.45) is 0 Å². The smallest absolute Gasteiger partial charge is 0.227 e. The van der Waals surface area contributed by atoms with Crippen LogP contribution in [0.2, 0.25) is 5.02 Å². The highest BCUT2D eigenvalue weighted by Gasteiger charge is 2.13. The number of nitrogens with one attached hydrogen (secondary N) is 2. The SMILES string of the molecule is CN(C)CCOc1ccc(Nc2nccc(-c3c[nH]nc3-c3cccc(Cl)c3)n2)cc1. The molecule has 0 amide bonds. The van der Waals surface area contributed by atoms with Crippen molar-refractivity contribution < 1.29 is 4.74 Å². The summed E-state index contributed by atoms with van der Waals surface area (Å²) in [7, 11) is 4.04. The fraction of sp³-hybridized carbons (Fsp3) is 0.174. The van der Waals surface area contributed by atoms with Gasteiger partial charge in [-0.2, -0.15) is 5.10 Å². The van der Waals surface area contributed by atoms with Crippen molar-refractivity contribution in [1.29, 1.82) is 0 Å². The third-order valence-corrected chi connectivity index (χ3v) is 4.82. The van der Waals surface area contributed by atoms with Gasteiger partial charge in [-0.3, -0.25) is 5.10 Å². The Hall–Kier alpha value is -3.42. The van der Waals surface area contributed by atoms with E-state index in [1.165, 1.54) is 0 Å². The minimum Gasteiger partial charge on any atom is -0.492 e. The Labute approximate surface area is 186 Å². The third kappa shape index (κ3) is 5.39. The number of halogens is 1. The molecule has 0 fully saturated rings. The molecule has 0 atom stereocenters. The molecule has 2 aromatic carbocycles. The average molecular weight is 435 g/mol. The van der Waals surface area contributed by atoms with Crippen molar-refractivity contribution in [2.75, 3.05) is 32.6 Å². The molecular formula is C23H23ClN6O. The molecule has 0 radical (unpaired) electrons. The van der Waals surface area contributed by atoms with Gasteiger partial charge in [-0.25, -0.2) is 9.97 Å². The second-order valence-corrected chi connectivity index (χ2v) is 7.66. The van der Waals surface area contributed by atoms with Crippen molar-refractivity contribution in [2.45, 2.75) is 0 Å². The zero-order valence-electron chi connectivity index (χ0n) is 17.3. The molecule has 0 aliphatic rings. The van der Waals surface area contributed by atoms with E-state index in [9.17, 15) is 0 Å². The standard InChI is InChI=1S/C23H23ClN6O/c1-30(2)12-13-31-19-8-6-18(7-9-19)27-23-25-11-10-21(28-23)20-15-26-29-22(20)16-4-3-5-17(24)14-16/h3-11,14-15H,12-13H2,1-2H3,(H,26,29)(H,25,27,28). The highest BCUT2D eigenvalue weighted by molar-refractivity contribution is 6.30. The van der Waals surface area contributed by atoms with Gasteiger partial charge in [0.25, 0.3) is 0 Å². The van der Waals surface area contributed by atoms with Gasteiger partial charge in [0.1, 0.15) is 18.1 Å². The molecule has 0 unspecified atom stereocenters. The lowest BCUT2D eigenvalue weighted by Crippen LogP contribution is -2.19. The maximum absolute atomic E-state index is 6.14. The van der Waals surface area contributed by atoms with E-state index in [1.807, 2.05) is 74.9 Å². The number of hydrogen-bond acceptors (Lipinski definition) is 6. The molecule has 158 valence electrons. The first-order valence-electron chi connectivity index (χ1n) is 9.86. The lowest BCUT2D eigenvalue weighted by molar-refractivity contribution is 0.261. The second-order valence-electron chi connectivity index (χ2n) is 7.22. The molecule has 0 aliphatic carbocycles. The van der Waals surface area contributed by atoms with Crippen LogP contribution in [0.5, 0.6) is 5.75 Å². The predicted octanol–water partition coefficient (Wildman–Crippen LogP) is 4.87. The zero-order chi connectivity index (χ0) is 21.6. The molecule has 4 aromatic rings. The number of rotatable bonds is 8. The number of nitrogens with zero attached hydrogens (tertiary/aromatic N) is 4. The van der Waals surface area contributed by atoms with Crippen LogP contribution in [0, 0.1) is 0 Å². The van der Waals surface area contributed by atoms with Crippen LogP contribution in [0.15, 0.2) is 67.0 Å². The van der Waals surface area contributed by atoms with Crippen molar-refractivity contribution in [1.82, 2.24) is 25.1 Å². The van der Waals surface area contributed by atoms with Crippen LogP contribution in [-0.2, 0) is 0 Å². The normalized spacial score (nSPS) is 11.0. The van der Waals surface area contributed by atoms with E-state index in [-0.39, 0.29) is 0 Å². The molecule has 2 heterocycles. The minimum absolute atomic E-state index is 0.497. The van der Waals surface area contributed by atoms with Crippen LogP contribution in [0.1, 0.15) is 0 Å². The third-order valence-electron chi connectivity index (χ3n) is 4.59. The first-order chi connectivity index (χ1) is 15.1. The molecule has 8 heteroatoms. The number of benzene rings is 2. The minimum atomic E-state index is 0.497. The van der Waals surface area contributed by atoms with Crippen LogP contribution >= 0.6 is 11.6 Å². The highest BCUT2D eigenvalue weighted by Crippen LogP contribution is 2.30. The first kappa shape index (κ1) is 20.8. The fourth-order valence-electron chi connectivity index (χ4n) is 3.02. The van der Waals surface area contributed by atoms with Gasteiger partial charge in [-0.05, 0) is 56.6 Å². The number of H-pyrrole nitrogens is 1. The molecule has 4 rings (SSSR count). The van der Waals surface area contributed by atoms with Crippen molar-refractivity contribution >= 4 is 23.2 Å². The summed E-state index contributed by atoms with van der Waals surface area (Å²) in [5.74, 6) is 1.32.